The molecule has 0 bridgehead atoms. The van der Waals surface area contributed by atoms with Crippen LogP contribution in [0.3, 0.4) is 0 Å². The molecule has 0 aliphatic rings. The number of carbonyl (C=O) groups excluding carboxylic acids is 1. The number of carbonyl (C=O) groups is 1. The molecule has 0 atom stereocenters. The molecule has 3 rings (SSSR count). The van der Waals surface area contributed by atoms with Gasteiger partial charge >= 0.3 is 0 Å². The first-order chi connectivity index (χ1) is 11.6. The fourth-order valence-electron chi connectivity index (χ4n) is 2.58. The third-order valence-electron chi connectivity index (χ3n) is 3.81. The lowest BCUT2D eigenvalue weighted by Gasteiger charge is -2.19. The van der Waals surface area contributed by atoms with E-state index in [4.69, 9.17) is 4.74 Å². The summed E-state index contributed by atoms with van der Waals surface area (Å²) in [4.78, 5) is 18.8. The number of aromatic nitrogens is 1. The molecule has 0 aliphatic carbocycles. The molecule has 2 aromatic carbocycles. The third-order valence-corrected chi connectivity index (χ3v) is 4.31. The van der Waals surface area contributed by atoms with E-state index in [9.17, 15) is 4.79 Å². The topological polar surface area (TPSA) is 42.4 Å². The van der Waals surface area contributed by atoms with Gasteiger partial charge in [0.2, 0.25) is 0 Å². The Morgan fingerprint density at radius 3 is 2.75 bits per heavy atom. The van der Waals surface area contributed by atoms with Gasteiger partial charge in [0.25, 0.3) is 5.91 Å². The SMILES string of the molecule is COc1ccc(Br)cc1CN(C)C(=O)c1ccc2ccccc2n1. The van der Waals surface area contributed by atoms with Gasteiger partial charge in [0.05, 0.1) is 12.6 Å². The smallest absolute Gasteiger partial charge is 0.272 e. The second kappa shape index (κ2) is 7.01. The van der Waals surface area contributed by atoms with Gasteiger partial charge in [0.15, 0.2) is 0 Å². The molecule has 0 radical (unpaired) electrons. The van der Waals surface area contributed by atoms with Crippen LogP contribution in [-0.2, 0) is 6.54 Å². The lowest BCUT2D eigenvalue weighted by molar-refractivity contribution is 0.0779. The summed E-state index contributed by atoms with van der Waals surface area (Å²) in [6, 6.07) is 17.2. The maximum atomic E-state index is 12.7. The zero-order valence-corrected chi connectivity index (χ0v) is 15.1. The molecule has 1 amide bonds. The summed E-state index contributed by atoms with van der Waals surface area (Å²) in [6.07, 6.45) is 0. The monoisotopic (exact) mass is 384 g/mol. The molecule has 3 aromatic rings. The molecule has 0 saturated carbocycles. The van der Waals surface area contributed by atoms with Gasteiger partial charge in [0.1, 0.15) is 11.4 Å². The van der Waals surface area contributed by atoms with Gasteiger partial charge < -0.3 is 9.64 Å². The molecule has 0 unspecified atom stereocenters. The summed E-state index contributed by atoms with van der Waals surface area (Å²) in [5.41, 5.74) is 2.19. The molecule has 0 fully saturated rings. The molecule has 0 N–H and O–H groups in total. The number of nitrogens with zero attached hydrogens (tertiary/aromatic N) is 2. The number of halogens is 1. The van der Waals surface area contributed by atoms with Gasteiger partial charge in [-0.3, -0.25) is 4.79 Å². The standard InChI is InChI=1S/C19H17BrN2O2/c1-22(12-14-11-15(20)8-10-18(14)24-2)19(23)17-9-7-13-5-3-4-6-16(13)21-17/h3-11H,12H2,1-2H3. The Morgan fingerprint density at radius 2 is 1.96 bits per heavy atom. The van der Waals surface area contributed by atoms with E-state index in [-0.39, 0.29) is 5.91 Å². The van der Waals surface area contributed by atoms with Crippen molar-refractivity contribution in [3.8, 4) is 5.75 Å². The van der Waals surface area contributed by atoms with Crippen LogP contribution in [0, 0.1) is 0 Å². The predicted molar refractivity (Wildman–Crippen MR) is 98.2 cm³/mol. The maximum Gasteiger partial charge on any atom is 0.272 e. The lowest BCUT2D eigenvalue weighted by atomic mass is 10.1. The van der Waals surface area contributed by atoms with E-state index in [2.05, 4.69) is 20.9 Å². The number of hydrogen-bond donors (Lipinski definition) is 0. The fourth-order valence-corrected chi connectivity index (χ4v) is 2.99. The highest BCUT2D eigenvalue weighted by atomic mass is 79.9. The van der Waals surface area contributed by atoms with E-state index in [1.807, 2.05) is 48.5 Å². The molecule has 0 saturated heterocycles. The molecule has 0 spiro atoms. The van der Waals surface area contributed by atoms with Crippen molar-refractivity contribution in [2.24, 2.45) is 0 Å². The summed E-state index contributed by atoms with van der Waals surface area (Å²) in [6.45, 7) is 0.440. The van der Waals surface area contributed by atoms with Crippen molar-refractivity contribution in [1.82, 2.24) is 9.88 Å². The minimum atomic E-state index is -0.122. The van der Waals surface area contributed by atoms with Gasteiger partial charge in [0, 0.05) is 29.0 Å². The number of methoxy groups -OCH3 is 1. The fraction of sp³-hybridized carbons (Fsp3) is 0.158. The first-order valence-corrected chi connectivity index (χ1v) is 8.31. The second-order valence-corrected chi connectivity index (χ2v) is 6.42. The Balaban J connectivity index is 1.85. The van der Waals surface area contributed by atoms with Crippen molar-refractivity contribution in [2.45, 2.75) is 6.54 Å². The van der Waals surface area contributed by atoms with Crippen LogP contribution in [0.15, 0.2) is 59.1 Å². The molecular weight excluding hydrogens is 368 g/mol. The number of pyridine rings is 1. The van der Waals surface area contributed by atoms with Gasteiger partial charge in [-0.05, 0) is 30.3 Å². The number of fused-ring (bicyclic) bond motifs is 1. The maximum absolute atomic E-state index is 12.7. The van der Waals surface area contributed by atoms with E-state index >= 15 is 0 Å². The van der Waals surface area contributed by atoms with Crippen molar-refractivity contribution in [3.05, 3.63) is 70.3 Å². The van der Waals surface area contributed by atoms with Crippen molar-refractivity contribution in [2.75, 3.05) is 14.2 Å². The van der Waals surface area contributed by atoms with Crippen LogP contribution in [0.2, 0.25) is 0 Å². The molecular formula is C19H17BrN2O2. The minimum Gasteiger partial charge on any atom is -0.496 e. The molecule has 24 heavy (non-hydrogen) atoms. The number of ether oxygens (including phenoxy) is 1. The quantitative estimate of drug-likeness (QED) is 0.673. The van der Waals surface area contributed by atoms with E-state index in [1.54, 1.807) is 25.1 Å². The number of rotatable bonds is 4. The van der Waals surface area contributed by atoms with E-state index in [1.165, 1.54) is 0 Å². The highest BCUT2D eigenvalue weighted by Gasteiger charge is 2.16. The molecule has 122 valence electrons. The van der Waals surface area contributed by atoms with Crippen LogP contribution in [0.25, 0.3) is 10.9 Å². The van der Waals surface area contributed by atoms with Crippen LogP contribution in [0.4, 0.5) is 0 Å². The van der Waals surface area contributed by atoms with Crippen LogP contribution < -0.4 is 4.74 Å². The average molecular weight is 385 g/mol. The minimum absolute atomic E-state index is 0.122. The van der Waals surface area contributed by atoms with Gasteiger partial charge in [-0.2, -0.15) is 0 Å². The van der Waals surface area contributed by atoms with Gasteiger partial charge in [-0.25, -0.2) is 4.98 Å². The van der Waals surface area contributed by atoms with Crippen molar-refractivity contribution >= 4 is 32.7 Å². The van der Waals surface area contributed by atoms with Crippen LogP contribution >= 0.6 is 15.9 Å². The Labute approximate surface area is 149 Å². The van der Waals surface area contributed by atoms with E-state index < -0.39 is 0 Å². The average Bonchev–Trinajstić information content (AvgIpc) is 2.61. The molecule has 1 aromatic heterocycles. The molecule has 4 nitrogen and oxygen atoms in total. The summed E-state index contributed by atoms with van der Waals surface area (Å²) in [7, 11) is 3.39. The highest BCUT2D eigenvalue weighted by Crippen LogP contribution is 2.24. The van der Waals surface area contributed by atoms with E-state index in [0.717, 1.165) is 26.7 Å². The summed E-state index contributed by atoms with van der Waals surface area (Å²) in [5, 5.41) is 1.02. The molecule has 0 aliphatic heterocycles. The summed E-state index contributed by atoms with van der Waals surface area (Å²) in [5.74, 6) is 0.632. The van der Waals surface area contributed by atoms with Crippen molar-refractivity contribution < 1.29 is 9.53 Å². The molecule has 5 heteroatoms. The zero-order chi connectivity index (χ0) is 17.1. The summed E-state index contributed by atoms with van der Waals surface area (Å²) >= 11 is 3.45. The Morgan fingerprint density at radius 1 is 1.17 bits per heavy atom. The molecule has 1 heterocycles. The van der Waals surface area contributed by atoms with Crippen LogP contribution in [0.1, 0.15) is 16.1 Å². The van der Waals surface area contributed by atoms with E-state index in [0.29, 0.717) is 12.2 Å². The Bertz CT molecular complexity index is 895. The largest absolute Gasteiger partial charge is 0.496 e. The number of benzene rings is 2. The highest BCUT2D eigenvalue weighted by molar-refractivity contribution is 9.10. The van der Waals surface area contributed by atoms with Gasteiger partial charge in [-0.1, -0.05) is 40.2 Å². The lowest BCUT2D eigenvalue weighted by Crippen LogP contribution is -2.27. The van der Waals surface area contributed by atoms with Crippen molar-refractivity contribution in [3.63, 3.8) is 0 Å². The summed E-state index contributed by atoms with van der Waals surface area (Å²) < 4.78 is 6.32. The predicted octanol–water partition coefficient (Wildman–Crippen LogP) is 4.28. The van der Waals surface area contributed by atoms with Crippen molar-refractivity contribution in [1.29, 1.82) is 0 Å². The first kappa shape index (κ1) is 16.5. The normalized spacial score (nSPS) is 10.6. The van der Waals surface area contributed by atoms with Gasteiger partial charge in [-0.15, -0.1) is 0 Å². The number of para-hydroxylation sites is 1. The number of hydrogen-bond acceptors (Lipinski definition) is 3. The second-order valence-electron chi connectivity index (χ2n) is 5.51. The van der Waals surface area contributed by atoms with Crippen LogP contribution in [0.5, 0.6) is 5.75 Å². The third kappa shape index (κ3) is 3.41. The zero-order valence-electron chi connectivity index (χ0n) is 13.5. The first-order valence-electron chi connectivity index (χ1n) is 7.52. The number of amides is 1. The van der Waals surface area contributed by atoms with Crippen LogP contribution in [-0.4, -0.2) is 29.9 Å². The Hall–Kier alpha value is -2.40. The Kier molecular flexibility index (Phi) is 4.81.